The van der Waals surface area contributed by atoms with Crippen LogP contribution in [0.15, 0.2) is 176 Å². The normalized spacial score (nSPS) is 13.1. The van der Waals surface area contributed by atoms with Gasteiger partial charge in [-0.3, -0.25) is 0 Å². The quantitative estimate of drug-likeness (QED) is 0.192. The molecule has 0 saturated heterocycles. The van der Waals surface area contributed by atoms with E-state index in [1.807, 2.05) is 60.7 Å². The highest BCUT2D eigenvalue weighted by Crippen LogP contribution is 2.62. The van der Waals surface area contributed by atoms with Crippen molar-refractivity contribution in [3.05, 3.63) is 198 Å². The van der Waals surface area contributed by atoms with Crippen molar-refractivity contribution < 1.29 is 4.74 Å². The van der Waals surface area contributed by atoms with Crippen molar-refractivity contribution in [2.75, 3.05) is 0 Å². The molecule has 0 bridgehead atoms. The van der Waals surface area contributed by atoms with Gasteiger partial charge < -0.3 is 4.74 Å². The molecule has 7 aromatic carbocycles. The molecule has 2 heterocycles. The number of para-hydroxylation sites is 1. The number of hydrogen-bond acceptors (Lipinski definition) is 4. The molecule has 234 valence electrons. The van der Waals surface area contributed by atoms with Gasteiger partial charge in [0.2, 0.25) is 0 Å². The van der Waals surface area contributed by atoms with E-state index in [1.54, 1.807) is 0 Å². The molecule has 8 aromatic rings. The van der Waals surface area contributed by atoms with Gasteiger partial charge in [0.1, 0.15) is 11.5 Å². The smallest absolute Gasteiger partial charge is 0.164 e. The maximum absolute atomic E-state index is 6.66. The lowest BCUT2D eigenvalue weighted by Crippen LogP contribution is -2.32. The summed E-state index contributed by atoms with van der Waals surface area (Å²) in [4.78, 5) is 14.9. The van der Waals surface area contributed by atoms with E-state index in [0.29, 0.717) is 17.5 Å². The van der Waals surface area contributed by atoms with Gasteiger partial charge in [0, 0.05) is 27.8 Å². The topological polar surface area (TPSA) is 47.9 Å². The minimum Gasteiger partial charge on any atom is -0.457 e. The Hall–Kier alpha value is -6.65. The molecule has 1 spiro atoms. The molecule has 4 heteroatoms. The second kappa shape index (κ2) is 11.2. The summed E-state index contributed by atoms with van der Waals surface area (Å²) in [7, 11) is 0. The van der Waals surface area contributed by atoms with Crippen LogP contribution in [0.4, 0.5) is 0 Å². The van der Waals surface area contributed by atoms with E-state index < -0.39 is 5.41 Å². The Kier molecular flexibility index (Phi) is 6.36. The Morgan fingerprint density at radius 1 is 0.320 bits per heavy atom. The van der Waals surface area contributed by atoms with Gasteiger partial charge in [0.05, 0.1) is 5.41 Å². The van der Waals surface area contributed by atoms with E-state index >= 15 is 0 Å². The fraction of sp³-hybridized carbons (Fsp3) is 0.0217. The molecule has 0 saturated carbocycles. The lowest BCUT2D eigenvalue weighted by Gasteiger charge is -2.39. The van der Waals surface area contributed by atoms with Crippen LogP contribution >= 0.6 is 0 Å². The molecular weight excluding hydrogens is 611 g/mol. The molecule has 1 aliphatic carbocycles. The third-order valence-electron chi connectivity index (χ3n) is 10.0. The third kappa shape index (κ3) is 4.28. The maximum Gasteiger partial charge on any atom is 0.164 e. The lowest BCUT2D eigenvalue weighted by atomic mass is 9.66. The summed E-state index contributed by atoms with van der Waals surface area (Å²) in [5, 5.41) is 0. The zero-order valence-electron chi connectivity index (χ0n) is 27.0. The monoisotopic (exact) mass is 639 g/mol. The van der Waals surface area contributed by atoms with E-state index in [4.69, 9.17) is 19.7 Å². The van der Waals surface area contributed by atoms with Crippen LogP contribution in [0.1, 0.15) is 22.3 Å². The van der Waals surface area contributed by atoms with Crippen LogP contribution in [0.3, 0.4) is 0 Å². The Balaban J connectivity index is 1.15. The number of fused-ring (bicyclic) bond motifs is 9. The van der Waals surface area contributed by atoms with Gasteiger partial charge >= 0.3 is 0 Å². The first kappa shape index (κ1) is 28.4. The zero-order chi connectivity index (χ0) is 33.1. The van der Waals surface area contributed by atoms with E-state index in [0.717, 1.165) is 50.4 Å². The first-order chi connectivity index (χ1) is 24.8. The van der Waals surface area contributed by atoms with Crippen LogP contribution < -0.4 is 4.74 Å². The summed E-state index contributed by atoms with van der Waals surface area (Å²) in [6.45, 7) is 0. The van der Waals surface area contributed by atoms with Crippen molar-refractivity contribution in [1.82, 2.24) is 15.0 Å². The van der Waals surface area contributed by atoms with E-state index in [2.05, 4.69) is 115 Å². The van der Waals surface area contributed by atoms with Crippen molar-refractivity contribution in [2.24, 2.45) is 0 Å². The van der Waals surface area contributed by atoms with Crippen LogP contribution in [0.2, 0.25) is 0 Å². The minimum absolute atomic E-state index is 0.519. The lowest BCUT2D eigenvalue weighted by molar-refractivity contribution is 0.436. The average Bonchev–Trinajstić information content (AvgIpc) is 3.49. The Labute approximate surface area is 290 Å². The summed E-state index contributed by atoms with van der Waals surface area (Å²) in [6.07, 6.45) is 0. The second-order valence-corrected chi connectivity index (χ2v) is 12.8. The molecule has 0 radical (unpaired) electrons. The molecule has 1 aromatic heterocycles. The summed E-state index contributed by atoms with van der Waals surface area (Å²) in [5.41, 5.74) is 11.8. The molecule has 0 N–H and O–H groups in total. The largest absolute Gasteiger partial charge is 0.457 e. The molecule has 1 aliphatic heterocycles. The molecule has 4 nitrogen and oxygen atoms in total. The number of rotatable bonds is 4. The van der Waals surface area contributed by atoms with E-state index in [-0.39, 0.29) is 0 Å². The van der Waals surface area contributed by atoms with Crippen molar-refractivity contribution >= 4 is 0 Å². The van der Waals surface area contributed by atoms with Gasteiger partial charge in [0.25, 0.3) is 0 Å². The van der Waals surface area contributed by atoms with Crippen molar-refractivity contribution in [2.45, 2.75) is 5.41 Å². The highest BCUT2D eigenvalue weighted by atomic mass is 16.5. The first-order valence-electron chi connectivity index (χ1n) is 16.9. The van der Waals surface area contributed by atoms with Crippen molar-refractivity contribution in [3.63, 3.8) is 0 Å². The molecule has 0 amide bonds. The van der Waals surface area contributed by atoms with Gasteiger partial charge in [-0.1, -0.05) is 152 Å². The second-order valence-electron chi connectivity index (χ2n) is 12.8. The fourth-order valence-electron chi connectivity index (χ4n) is 7.81. The van der Waals surface area contributed by atoms with Crippen LogP contribution in [0, 0.1) is 0 Å². The highest BCUT2D eigenvalue weighted by Gasteiger charge is 2.50. The molecule has 2 aliphatic rings. The van der Waals surface area contributed by atoms with Gasteiger partial charge in [-0.25, -0.2) is 15.0 Å². The number of benzene rings is 7. The van der Waals surface area contributed by atoms with Crippen LogP contribution in [-0.2, 0) is 5.41 Å². The standard InChI is InChI=1S/C46H29N3O/c1-3-14-30(15-4-1)43-47-44(31-16-5-2-6-17-31)49-45(48-43)34-19-13-18-32(28-34)33-26-27-42-40(29-33)46(39-24-11-12-25-41(39)50-42)37-22-9-7-20-35(37)36-21-8-10-23-38(36)46/h1-29H. The number of hydrogen-bond donors (Lipinski definition) is 0. The van der Waals surface area contributed by atoms with Gasteiger partial charge in [-0.05, 0) is 57.6 Å². The Bertz CT molecular complexity index is 2480. The molecule has 0 unspecified atom stereocenters. The van der Waals surface area contributed by atoms with Crippen LogP contribution in [-0.4, -0.2) is 15.0 Å². The fourth-order valence-corrected chi connectivity index (χ4v) is 7.81. The Morgan fingerprint density at radius 2 is 0.780 bits per heavy atom. The SMILES string of the molecule is c1ccc(-c2nc(-c3ccccc3)nc(-c3cccc(-c4ccc5c(c4)C4(c6ccccc6O5)c5ccccc5-c5ccccc54)c3)n2)cc1. The van der Waals surface area contributed by atoms with E-state index in [1.165, 1.54) is 22.3 Å². The highest BCUT2D eigenvalue weighted by molar-refractivity contribution is 5.89. The van der Waals surface area contributed by atoms with E-state index in [9.17, 15) is 0 Å². The molecule has 0 fully saturated rings. The summed E-state index contributed by atoms with van der Waals surface area (Å²) >= 11 is 0. The van der Waals surface area contributed by atoms with Crippen LogP contribution in [0.5, 0.6) is 11.5 Å². The molecular formula is C46H29N3O. The van der Waals surface area contributed by atoms with Gasteiger partial charge in [0.15, 0.2) is 17.5 Å². The summed E-state index contributed by atoms with van der Waals surface area (Å²) < 4.78 is 6.66. The summed E-state index contributed by atoms with van der Waals surface area (Å²) in [5.74, 6) is 3.67. The number of aromatic nitrogens is 3. The van der Waals surface area contributed by atoms with Crippen molar-refractivity contribution in [3.8, 4) is 67.9 Å². The van der Waals surface area contributed by atoms with Crippen LogP contribution in [0.25, 0.3) is 56.4 Å². The zero-order valence-corrected chi connectivity index (χ0v) is 27.0. The number of nitrogens with zero attached hydrogens (tertiary/aromatic N) is 3. The minimum atomic E-state index is -0.519. The molecule has 50 heavy (non-hydrogen) atoms. The predicted octanol–water partition coefficient (Wildman–Crippen LogP) is 11.0. The van der Waals surface area contributed by atoms with Crippen molar-refractivity contribution in [1.29, 1.82) is 0 Å². The number of ether oxygens (including phenoxy) is 1. The first-order valence-corrected chi connectivity index (χ1v) is 16.9. The van der Waals surface area contributed by atoms with Gasteiger partial charge in [-0.2, -0.15) is 0 Å². The third-order valence-corrected chi connectivity index (χ3v) is 10.0. The summed E-state index contributed by atoms with van der Waals surface area (Å²) in [6, 6.07) is 61.4. The molecule has 0 atom stereocenters. The molecule has 10 rings (SSSR count). The Morgan fingerprint density at radius 3 is 1.42 bits per heavy atom. The maximum atomic E-state index is 6.66. The predicted molar refractivity (Wildman–Crippen MR) is 199 cm³/mol. The average molecular weight is 640 g/mol. The van der Waals surface area contributed by atoms with Gasteiger partial charge in [-0.15, -0.1) is 0 Å².